The maximum atomic E-state index is 12.8. The number of hydrogen-bond donors (Lipinski definition) is 0. The average Bonchev–Trinajstić information content (AvgIpc) is 2.33. The van der Waals surface area contributed by atoms with Crippen LogP contribution in [0.5, 0.6) is 0 Å². The van der Waals surface area contributed by atoms with E-state index in [1.165, 1.54) is 0 Å². The molecule has 0 aromatic rings. The van der Waals surface area contributed by atoms with Crippen LogP contribution in [0.2, 0.25) is 0 Å². The van der Waals surface area contributed by atoms with Gasteiger partial charge < -0.3 is 0 Å². The Morgan fingerprint density at radius 1 is 0.360 bits per heavy atom. The van der Waals surface area contributed by atoms with Gasteiger partial charge in [0.1, 0.15) is 0 Å². The first-order valence-electron chi connectivity index (χ1n) is 5.02. The molecule has 148 valence electrons. The van der Waals surface area contributed by atoms with Crippen LogP contribution >= 0.6 is 0 Å². The van der Waals surface area contributed by atoms with Crippen LogP contribution in [0.15, 0.2) is 0 Å². The molecule has 0 amide bonds. The van der Waals surface area contributed by atoms with Crippen LogP contribution in [0.1, 0.15) is 0 Å². The van der Waals surface area contributed by atoms with Crippen LogP contribution in [0.3, 0.4) is 0 Å². The summed E-state index contributed by atoms with van der Waals surface area (Å²) in [6.07, 6.45) is -13.6. The highest BCUT2D eigenvalue weighted by Gasteiger charge is 2.90. The Hall–Kier alpha value is -1.56. The molecular formula is C9F16. The Morgan fingerprint density at radius 2 is 0.680 bits per heavy atom. The molecule has 0 heterocycles. The van der Waals surface area contributed by atoms with Crippen LogP contribution in [0.4, 0.5) is 70.2 Å². The average molecular weight is 412 g/mol. The van der Waals surface area contributed by atoms with Gasteiger partial charge in [-0.1, -0.05) is 0 Å². The molecule has 0 spiro atoms. The summed E-state index contributed by atoms with van der Waals surface area (Å²) in [5.74, 6) is -40.8. The third-order valence-corrected chi connectivity index (χ3v) is 2.29. The SMILES string of the molecule is FC(F)(F)C#CC(F)(F)C(F)(F)C(F)(F)C(F)(F)C(F)(F)C(F)(F)F. The third-order valence-electron chi connectivity index (χ3n) is 2.29. The van der Waals surface area contributed by atoms with Gasteiger partial charge in [0.05, 0.1) is 0 Å². The highest BCUT2D eigenvalue weighted by Crippen LogP contribution is 2.60. The molecule has 0 rings (SSSR count). The predicted molar refractivity (Wildman–Crippen MR) is 44.6 cm³/mol. The lowest BCUT2D eigenvalue weighted by atomic mass is 9.94. The van der Waals surface area contributed by atoms with E-state index in [1.54, 1.807) is 0 Å². The van der Waals surface area contributed by atoms with Gasteiger partial charge in [-0.2, -0.15) is 70.2 Å². The van der Waals surface area contributed by atoms with E-state index in [0.29, 0.717) is 0 Å². The zero-order chi connectivity index (χ0) is 20.9. The molecule has 0 aromatic carbocycles. The first-order valence-corrected chi connectivity index (χ1v) is 5.02. The maximum absolute atomic E-state index is 12.8. The fourth-order valence-electron chi connectivity index (χ4n) is 0.997. The van der Waals surface area contributed by atoms with Gasteiger partial charge in [-0.3, -0.25) is 0 Å². The summed E-state index contributed by atoms with van der Waals surface area (Å²) in [6.45, 7) is 0. The van der Waals surface area contributed by atoms with Gasteiger partial charge in [0.15, 0.2) is 0 Å². The van der Waals surface area contributed by atoms with Gasteiger partial charge in [0.25, 0.3) is 0 Å². The van der Waals surface area contributed by atoms with E-state index >= 15 is 0 Å². The van der Waals surface area contributed by atoms with E-state index in [-0.39, 0.29) is 0 Å². The quantitative estimate of drug-likeness (QED) is 0.435. The van der Waals surface area contributed by atoms with Crippen molar-refractivity contribution in [3.8, 4) is 11.8 Å². The largest absolute Gasteiger partial charge is 0.460 e. The highest BCUT2D eigenvalue weighted by atomic mass is 19.4. The lowest BCUT2D eigenvalue weighted by molar-refractivity contribution is -0.435. The zero-order valence-corrected chi connectivity index (χ0v) is 10.5. The molecule has 0 aromatic heterocycles. The second-order valence-electron chi connectivity index (χ2n) is 4.12. The lowest BCUT2D eigenvalue weighted by Crippen LogP contribution is -2.69. The molecule has 0 aliphatic rings. The van der Waals surface area contributed by atoms with Crippen molar-refractivity contribution in [2.24, 2.45) is 0 Å². The number of halogens is 16. The van der Waals surface area contributed by atoms with Crippen molar-refractivity contribution >= 4 is 0 Å². The van der Waals surface area contributed by atoms with Gasteiger partial charge in [0.2, 0.25) is 0 Å². The summed E-state index contributed by atoms with van der Waals surface area (Å²) in [4.78, 5) is 0. The zero-order valence-electron chi connectivity index (χ0n) is 10.5. The van der Waals surface area contributed by atoms with E-state index in [4.69, 9.17) is 0 Å². The molecular weight excluding hydrogens is 412 g/mol. The minimum absolute atomic E-state index is 0.707. The fraction of sp³-hybridized carbons (Fsp3) is 0.778. The molecule has 0 fully saturated rings. The molecule has 0 N–H and O–H groups in total. The van der Waals surface area contributed by atoms with Crippen LogP contribution in [-0.2, 0) is 0 Å². The Bertz CT molecular complexity index is 549. The molecule has 0 bridgehead atoms. The summed E-state index contributed by atoms with van der Waals surface area (Å²) >= 11 is 0. The molecule has 0 aliphatic heterocycles. The molecule has 0 saturated carbocycles. The second kappa shape index (κ2) is 5.73. The van der Waals surface area contributed by atoms with E-state index in [9.17, 15) is 70.2 Å². The van der Waals surface area contributed by atoms with E-state index in [0.717, 1.165) is 0 Å². The minimum Gasteiger partial charge on any atom is -0.192 e. The molecule has 0 saturated heterocycles. The lowest BCUT2D eigenvalue weighted by Gasteiger charge is -2.38. The van der Waals surface area contributed by atoms with Gasteiger partial charge in [-0.15, -0.1) is 0 Å². The summed E-state index contributed by atoms with van der Waals surface area (Å²) < 4.78 is 196. The summed E-state index contributed by atoms with van der Waals surface area (Å²) in [7, 11) is 0. The number of hydrogen-bond acceptors (Lipinski definition) is 0. The smallest absolute Gasteiger partial charge is 0.192 e. The fourth-order valence-corrected chi connectivity index (χ4v) is 0.997. The van der Waals surface area contributed by atoms with Crippen LogP contribution in [0.25, 0.3) is 0 Å². The van der Waals surface area contributed by atoms with Crippen molar-refractivity contribution in [3.63, 3.8) is 0 Å². The summed E-state index contributed by atoms with van der Waals surface area (Å²) in [5, 5.41) is 0. The first-order chi connectivity index (χ1) is 10.5. The predicted octanol–water partition coefficient (Wildman–Crippen LogP) is 5.29. The van der Waals surface area contributed by atoms with Crippen molar-refractivity contribution in [1.29, 1.82) is 0 Å². The maximum Gasteiger partial charge on any atom is 0.460 e. The molecule has 25 heavy (non-hydrogen) atoms. The third kappa shape index (κ3) is 3.68. The van der Waals surface area contributed by atoms with E-state index < -0.39 is 53.8 Å². The molecule has 16 heteroatoms. The van der Waals surface area contributed by atoms with Gasteiger partial charge >= 0.3 is 42.0 Å². The minimum atomic E-state index is -8.18. The topological polar surface area (TPSA) is 0 Å². The van der Waals surface area contributed by atoms with Crippen LogP contribution in [-0.4, -0.2) is 42.0 Å². The van der Waals surface area contributed by atoms with Gasteiger partial charge in [-0.05, 0) is 5.92 Å². The monoisotopic (exact) mass is 412 g/mol. The van der Waals surface area contributed by atoms with Crippen molar-refractivity contribution in [2.75, 3.05) is 0 Å². The highest BCUT2D eigenvalue weighted by molar-refractivity contribution is 5.22. The van der Waals surface area contributed by atoms with Crippen LogP contribution < -0.4 is 0 Å². The van der Waals surface area contributed by atoms with Crippen molar-refractivity contribution < 1.29 is 70.2 Å². The van der Waals surface area contributed by atoms with Gasteiger partial charge in [-0.25, -0.2) is 0 Å². The standard InChI is InChI=1S/C9F16/c10-3(11,1-2-4(12,13)14)5(15,16)6(17,18)7(19,20)8(21,22)9(23,24)25. The molecule has 0 atom stereocenters. The summed E-state index contributed by atoms with van der Waals surface area (Å²) in [5.41, 5.74) is 0. The summed E-state index contributed by atoms with van der Waals surface area (Å²) in [6, 6.07) is 0. The normalized spacial score (nSPS) is 15.7. The Morgan fingerprint density at radius 3 is 0.960 bits per heavy atom. The van der Waals surface area contributed by atoms with Crippen molar-refractivity contribution in [3.05, 3.63) is 0 Å². The molecule has 0 unspecified atom stereocenters. The number of alkyl halides is 16. The number of rotatable bonds is 4. The Labute approximate surface area is 125 Å². The Balaban J connectivity index is 6.34. The van der Waals surface area contributed by atoms with Crippen molar-refractivity contribution in [1.82, 2.24) is 0 Å². The molecule has 0 aliphatic carbocycles. The van der Waals surface area contributed by atoms with Crippen LogP contribution in [0, 0.1) is 11.8 Å². The second-order valence-corrected chi connectivity index (χ2v) is 4.12. The Kier molecular flexibility index (Phi) is 5.37. The molecule has 0 nitrogen and oxygen atoms in total. The molecule has 0 radical (unpaired) electrons. The first kappa shape index (κ1) is 23.4. The van der Waals surface area contributed by atoms with E-state index in [2.05, 4.69) is 0 Å². The van der Waals surface area contributed by atoms with Gasteiger partial charge in [0, 0.05) is 5.92 Å². The van der Waals surface area contributed by atoms with Crippen molar-refractivity contribution in [2.45, 2.75) is 42.0 Å². The van der Waals surface area contributed by atoms with E-state index in [1.807, 2.05) is 0 Å².